The molecular formula is C9H12I2N2O. The van der Waals surface area contributed by atoms with Gasteiger partial charge >= 0.3 is 0 Å². The molecule has 1 aromatic heterocycles. The fourth-order valence-corrected chi connectivity index (χ4v) is 1.71. The smallest absolute Gasteiger partial charge is 0.157 e. The van der Waals surface area contributed by atoms with Gasteiger partial charge in [0.1, 0.15) is 7.40 Å². The summed E-state index contributed by atoms with van der Waals surface area (Å²) in [6, 6.07) is 0. The highest BCUT2D eigenvalue weighted by molar-refractivity contribution is 14.1. The van der Waals surface area contributed by atoms with E-state index in [1.807, 2.05) is 25.3 Å². The van der Waals surface area contributed by atoms with E-state index in [0.717, 1.165) is 7.40 Å². The molecule has 14 heavy (non-hydrogen) atoms. The van der Waals surface area contributed by atoms with Crippen LogP contribution in [0.25, 0.3) is 0 Å². The second-order valence-electron chi connectivity index (χ2n) is 4.13. The fourth-order valence-electron chi connectivity index (χ4n) is 0.845. The summed E-state index contributed by atoms with van der Waals surface area (Å²) in [7, 11) is 0. The van der Waals surface area contributed by atoms with E-state index in [2.05, 4.69) is 50.2 Å². The molecule has 0 aliphatic rings. The number of Topliss-reactive ketones (excluding diaryl/α,β-unsaturated/α-hetero) is 1. The maximum Gasteiger partial charge on any atom is 0.157 e. The number of carbonyl (C=O) groups excluding carboxylic acids is 1. The Balaban J connectivity index is 2.80. The van der Waals surface area contributed by atoms with Gasteiger partial charge < -0.3 is 4.57 Å². The molecule has 0 N–H and O–H groups in total. The Kier molecular flexibility index (Phi) is 3.95. The van der Waals surface area contributed by atoms with E-state index in [9.17, 15) is 4.79 Å². The summed E-state index contributed by atoms with van der Waals surface area (Å²) in [6.07, 6.45) is 1.72. The first-order valence-corrected chi connectivity index (χ1v) is 6.37. The second-order valence-corrected chi connectivity index (χ2v) is 6.17. The van der Waals surface area contributed by atoms with E-state index in [0.29, 0.717) is 6.54 Å². The molecule has 1 aromatic rings. The third kappa shape index (κ3) is 2.91. The number of aromatic nitrogens is 2. The van der Waals surface area contributed by atoms with Gasteiger partial charge in [-0.05, 0) is 45.2 Å². The van der Waals surface area contributed by atoms with Gasteiger partial charge in [0.25, 0.3) is 0 Å². The molecule has 5 heteroatoms. The first-order chi connectivity index (χ1) is 6.32. The van der Waals surface area contributed by atoms with Crippen LogP contribution in [-0.2, 0) is 11.3 Å². The van der Waals surface area contributed by atoms with Gasteiger partial charge in [0.05, 0.1) is 12.9 Å². The van der Waals surface area contributed by atoms with Crippen molar-refractivity contribution >= 4 is 51.0 Å². The minimum atomic E-state index is -0.279. The Morgan fingerprint density at radius 2 is 2.07 bits per heavy atom. The average molecular weight is 418 g/mol. The highest BCUT2D eigenvalue weighted by atomic mass is 127. The van der Waals surface area contributed by atoms with Gasteiger partial charge in [-0.3, -0.25) is 4.79 Å². The molecule has 3 nitrogen and oxygen atoms in total. The monoisotopic (exact) mass is 418 g/mol. The van der Waals surface area contributed by atoms with Gasteiger partial charge in [-0.1, -0.05) is 20.8 Å². The van der Waals surface area contributed by atoms with Crippen molar-refractivity contribution in [3.8, 4) is 0 Å². The summed E-state index contributed by atoms with van der Waals surface area (Å²) in [5.41, 5.74) is -0.279. The number of hydrogen-bond donors (Lipinski definition) is 0. The third-order valence-electron chi connectivity index (χ3n) is 1.88. The molecule has 0 bridgehead atoms. The molecule has 0 aromatic carbocycles. The van der Waals surface area contributed by atoms with E-state index in [-0.39, 0.29) is 11.2 Å². The van der Waals surface area contributed by atoms with Gasteiger partial charge in [-0.2, -0.15) is 0 Å². The zero-order chi connectivity index (χ0) is 10.9. The van der Waals surface area contributed by atoms with Crippen LogP contribution < -0.4 is 0 Å². The SMILES string of the molecule is CC(C)(C)C(=O)Cn1cnc(I)c1I. The van der Waals surface area contributed by atoms with Crippen molar-refractivity contribution in [2.75, 3.05) is 0 Å². The maximum atomic E-state index is 11.7. The quantitative estimate of drug-likeness (QED) is 0.693. The van der Waals surface area contributed by atoms with Crippen molar-refractivity contribution in [2.45, 2.75) is 27.3 Å². The van der Waals surface area contributed by atoms with E-state index in [4.69, 9.17) is 0 Å². The lowest BCUT2D eigenvalue weighted by atomic mass is 9.91. The largest absolute Gasteiger partial charge is 0.318 e. The number of ketones is 1. The molecule has 0 amide bonds. The number of rotatable bonds is 2. The lowest BCUT2D eigenvalue weighted by Gasteiger charge is -2.16. The number of imidazole rings is 1. The van der Waals surface area contributed by atoms with Crippen LogP contribution >= 0.6 is 45.2 Å². The highest BCUT2D eigenvalue weighted by Gasteiger charge is 2.22. The Morgan fingerprint density at radius 3 is 2.43 bits per heavy atom. The summed E-state index contributed by atoms with van der Waals surface area (Å²) >= 11 is 4.36. The van der Waals surface area contributed by atoms with Crippen LogP contribution in [0.3, 0.4) is 0 Å². The van der Waals surface area contributed by atoms with Gasteiger partial charge in [0, 0.05) is 5.41 Å². The Bertz CT molecular complexity index is 352. The van der Waals surface area contributed by atoms with Crippen molar-refractivity contribution in [1.29, 1.82) is 0 Å². The maximum absolute atomic E-state index is 11.7. The lowest BCUT2D eigenvalue weighted by Crippen LogP contribution is -2.25. The fraction of sp³-hybridized carbons (Fsp3) is 0.556. The van der Waals surface area contributed by atoms with Gasteiger partial charge in [0.2, 0.25) is 0 Å². The van der Waals surface area contributed by atoms with E-state index < -0.39 is 0 Å². The number of carbonyl (C=O) groups is 1. The predicted octanol–water partition coefficient (Wildman–Crippen LogP) is 2.71. The van der Waals surface area contributed by atoms with Crippen LogP contribution in [0.1, 0.15) is 20.8 Å². The minimum absolute atomic E-state index is 0.226. The zero-order valence-corrected chi connectivity index (χ0v) is 12.7. The Hall–Kier alpha value is 0.340. The number of halogens is 2. The first kappa shape index (κ1) is 12.4. The molecule has 0 spiro atoms. The molecule has 1 rings (SSSR count). The van der Waals surface area contributed by atoms with Gasteiger partial charge in [-0.15, -0.1) is 0 Å². The van der Waals surface area contributed by atoms with E-state index >= 15 is 0 Å². The van der Waals surface area contributed by atoms with Crippen LogP contribution in [-0.4, -0.2) is 15.3 Å². The molecule has 0 saturated carbocycles. The zero-order valence-electron chi connectivity index (χ0n) is 8.34. The molecule has 0 fully saturated rings. The molecule has 0 atom stereocenters. The molecule has 0 unspecified atom stereocenters. The molecule has 0 saturated heterocycles. The van der Waals surface area contributed by atoms with Crippen molar-refractivity contribution in [3.05, 3.63) is 13.7 Å². The van der Waals surface area contributed by atoms with Gasteiger partial charge in [0.15, 0.2) is 5.78 Å². The van der Waals surface area contributed by atoms with Crippen molar-refractivity contribution in [1.82, 2.24) is 9.55 Å². The van der Waals surface area contributed by atoms with Crippen molar-refractivity contribution in [2.24, 2.45) is 5.41 Å². The molecular weight excluding hydrogens is 406 g/mol. The summed E-state index contributed by atoms with van der Waals surface area (Å²) in [5, 5.41) is 0. The molecule has 0 aliphatic carbocycles. The first-order valence-electron chi connectivity index (χ1n) is 4.22. The van der Waals surface area contributed by atoms with Crippen LogP contribution in [0.2, 0.25) is 0 Å². The molecule has 1 heterocycles. The van der Waals surface area contributed by atoms with Crippen molar-refractivity contribution < 1.29 is 4.79 Å². The van der Waals surface area contributed by atoms with Gasteiger partial charge in [-0.25, -0.2) is 4.98 Å². The lowest BCUT2D eigenvalue weighted by molar-refractivity contribution is -0.126. The normalized spacial score (nSPS) is 11.8. The third-order valence-corrected chi connectivity index (χ3v) is 4.84. The summed E-state index contributed by atoms with van der Waals surface area (Å²) in [6.45, 7) is 6.22. The predicted molar refractivity (Wildman–Crippen MR) is 72.1 cm³/mol. The Morgan fingerprint density at radius 1 is 1.50 bits per heavy atom. The standard InChI is InChI=1S/C9H12I2N2O/c1-9(2,3)6(14)4-13-5-12-7(10)8(13)11/h5H,4H2,1-3H3. The summed E-state index contributed by atoms with van der Waals surface area (Å²) in [4.78, 5) is 15.9. The Labute approximate surface area is 111 Å². The van der Waals surface area contributed by atoms with Crippen LogP contribution in [0.5, 0.6) is 0 Å². The van der Waals surface area contributed by atoms with Crippen LogP contribution in [0.15, 0.2) is 6.33 Å². The van der Waals surface area contributed by atoms with Crippen LogP contribution in [0, 0.1) is 12.8 Å². The minimum Gasteiger partial charge on any atom is -0.318 e. The number of hydrogen-bond acceptors (Lipinski definition) is 2. The van der Waals surface area contributed by atoms with Crippen LogP contribution in [0.4, 0.5) is 0 Å². The molecule has 0 aliphatic heterocycles. The molecule has 78 valence electrons. The summed E-state index contributed by atoms with van der Waals surface area (Å²) < 4.78 is 3.86. The average Bonchev–Trinajstić information content (AvgIpc) is 2.34. The van der Waals surface area contributed by atoms with Crippen molar-refractivity contribution in [3.63, 3.8) is 0 Å². The van der Waals surface area contributed by atoms with E-state index in [1.165, 1.54) is 0 Å². The highest BCUT2D eigenvalue weighted by Crippen LogP contribution is 2.18. The second kappa shape index (κ2) is 4.46. The topological polar surface area (TPSA) is 34.9 Å². The van der Waals surface area contributed by atoms with E-state index in [1.54, 1.807) is 6.33 Å². The summed E-state index contributed by atoms with van der Waals surface area (Å²) in [5.74, 6) is 0.226. The number of nitrogens with zero attached hydrogens (tertiary/aromatic N) is 2. The molecule has 0 radical (unpaired) electrons.